The molecule has 0 aliphatic heterocycles. The van der Waals surface area contributed by atoms with Gasteiger partial charge in [-0.25, -0.2) is 0 Å². The molecule has 0 atom stereocenters. The van der Waals surface area contributed by atoms with Crippen LogP contribution in [0.4, 0.5) is 0 Å². The number of amides is 1. The van der Waals surface area contributed by atoms with Gasteiger partial charge in [-0.1, -0.05) is 23.3 Å². The summed E-state index contributed by atoms with van der Waals surface area (Å²) in [5, 5.41) is 3.48. The van der Waals surface area contributed by atoms with Crippen LogP contribution in [0.5, 0.6) is 0 Å². The van der Waals surface area contributed by atoms with Crippen molar-refractivity contribution in [2.75, 3.05) is 12.8 Å². The Morgan fingerprint density at radius 2 is 2.25 bits per heavy atom. The number of rotatable bonds is 5. The van der Waals surface area contributed by atoms with E-state index in [1.807, 2.05) is 18.4 Å². The van der Waals surface area contributed by atoms with E-state index in [-0.39, 0.29) is 5.91 Å². The van der Waals surface area contributed by atoms with Gasteiger partial charge in [-0.05, 0) is 56.6 Å². The Balaban J connectivity index is 1.89. The maximum absolute atomic E-state index is 12.2. The molecule has 0 heterocycles. The molecule has 0 fully saturated rings. The van der Waals surface area contributed by atoms with Gasteiger partial charge in [0.05, 0.1) is 10.6 Å². The Morgan fingerprint density at radius 1 is 1.40 bits per heavy atom. The first-order valence-corrected chi connectivity index (χ1v) is 8.60. The minimum atomic E-state index is -0.0812. The lowest BCUT2D eigenvalue weighted by Gasteiger charge is -2.13. The fourth-order valence-corrected chi connectivity index (χ4v) is 3.01. The molecule has 1 amide bonds. The first kappa shape index (κ1) is 15.5. The van der Waals surface area contributed by atoms with Crippen LogP contribution in [0.25, 0.3) is 0 Å². The topological polar surface area (TPSA) is 29.1 Å². The number of halogens is 1. The number of hydrogen-bond donors (Lipinski definition) is 1. The van der Waals surface area contributed by atoms with Crippen LogP contribution in [-0.4, -0.2) is 18.7 Å². The van der Waals surface area contributed by atoms with Gasteiger partial charge in [0.2, 0.25) is 0 Å². The Morgan fingerprint density at radius 3 is 2.95 bits per heavy atom. The molecule has 20 heavy (non-hydrogen) atoms. The zero-order valence-electron chi connectivity index (χ0n) is 11.7. The molecule has 1 N–H and O–H groups in total. The number of allylic oxidation sites excluding steroid dienone is 1. The summed E-state index contributed by atoms with van der Waals surface area (Å²) < 4.78 is 0. The SMILES string of the molecule is CSc1ccc(Cl)c(C(=O)NCCC2=CCCCC2)c1. The molecular formula is C16H20ClNOS. The predicted octanol–water partition coefficient (Wildman–Crippen LogP) is 4.68. The third-order valence-electron chi connectivity index (χ3n) is 3.53. The molecular weight excluding hydrogens is 290 g/mol. The Bertz CT molecular complexity index is 513. The standard InChI is InChI=1S/C16H20ClNOS/c1-20-13-7-8-15(17)14(11-13)16(19)18-10-9-12-5-3-2-4-6-12/h5,7-8,11H,2-4,6,9-10H2,1H3,(H,18,19). The lowest BCUT2D eigenvalue weighted by molar-refractivity contribution is 0.0954. The molecule has 1 aliphatic rings. The van der Waals surface area contributed by atoms with E-state index in [0.29, 0.717) is 17.1 Å². The van der Waals surface area contributed by atoms with Crippen LogP contribution < -0.4 is 5.32 Å². The van der Waals surface area contributed by atoms with Crippen LogP contribution in [0.3, 0.4) is 0 Å². The molecule has 0 aromatic heterocycles. The molecule has 1 aromatic carbocycles. The molecule has 2 rings (SSSR count). The average Bonchev–Trinajstić information content (AvgIpc) is 2.48. The number of thioether (sulfide) groups is 1. The minimum Gasteiger partial charge on any atom is -0.352 e. The fraction of sp³-hybridized carbons (Fsp3) is 0.438. The number of nitrogens with one attached hydrogen (secondary N) is 1. The highest BCUT2D eigenvalue weighted by molar-refractivity contribution is 7.98. The second-order valence-electron chi connectivity index (χ2n) is 4.96. The molecule has 2 nitrogen and oxygen atoms in total. The molecule has 1 aliphatic carbocycles. The van der Waals surface area contributed by atoms with Crippen molar-refractivity contribution in [3.8, 4) is 0 Å². The fourth-order valence-electron chi connectivity index (χ4n) is 2.37. The first-order valence-electron chi connectivity index (χ1n) is 7.00. The highest BCUT2D eigenvalue weighted by Gasteiger charge is 2.11. The predicted molar refractivity (Wildman–Crippen MR) is 86.7 cm³/mol. The molecule has 1 aromatic rings. The van der Waals surface area contributed by atoms with Crippen molar-refractivity contribution in [1.82, 2.24) is 5.32 Å². The van der Waals surface area contributed by atoms with Crippen LogP contribution in [0.15, 0.2) is 34.7 Å². The van der Waals surface area contributed by atoms with Crippen LogP contribution in [0, 0.1) is 0 Å². The van der Waals surface area contributed by atoms with Crippen molar-refractivity contribution < 1.29 is 4.79 Å². The van der Waals surface area contributed by atoms with Crippen LogP contribution in [-0.2, 0) is 0 Å². The van der Waals surface area contributed by atoms with Crippen molar-refractivity contribution in [3.05, 3.63) is 40.4 Å². The third kappa shape index (κ3) is 4.29. The minimum absolute atomic E-state index is 0.0812. The van der Waals surface area contributed by atoms with Gasteiger partial charge in [-0.2, -0.15) is 0 Å². The van der Waals surface area contributed by atoms with Crippen molar-refractivity contribution in [3.63, 3.8) is 0 Å². The zero-order chi connectivity index (χ0) is 14.4. The Hall–Kier alpha value is -0.930. The van der Waals surface area contributed by atoms with E-state index < -0.39 is 0 Å². The van der Waals surface area contributed by atoms with Gasteiger partial charge in [0.1, 0.15) is 0 Å². The average molecular weight is 310 g/mol. The van der Waals surface area contributed by atoms with Crippen molar-refractivity contribution in [2.45, 2.75) is 37.0 Å². The molecule has 4 heteroatoms. The Labute approximate surface area is 130 Å². The van der Waals surface area contributed by atoms with Crippen molar-refractivity contribution >= 4 is 29.3 Å². The van der Waals surface area contributed by atoms with Crippen LogP contribution in [0.2, 0.25) is 5.02 Å². The quantitative estimate of drug-likeness (QED) is 0.632. The number of carbonyl (C=O) groups is 1. The second kappa shape index (κ2) is 7.75. The molecule has 0 saturated heterocycles. The first-order chi connectivity index (χ1) is 9.70. The zero-order valence-corrected chi connectivity index (χ0v) is 13.3. The summed E-state index contributed by atoms with van der Waals surface area (Å²) in [4.78, 5) is 13.2. The third-order valence-corrected chi connectivity index (χ3v) is 4.59. The second-order valence-corrected chi connectivity index (χ2v) is 6.25. The largest absolute Gasteiger partial charge is 0.352 e. The highest BCUT2D eigenvalue weighted by Crippen LogP contribution is 2.23. The summed E-state index contributed by atoms with van der Waals surface area (Å²) in [6.07, 6.45) is 10.2. The van der Waals surface area contributed by atoms with Gasteiger partial charge < -0.3 is 5.32 Å². The monoisotopic (exact) mass is 309 g/mol. The summed E-state index contributed by atoms with van der Waals surface area (Å²) in [7, 11) is 0. The summed E-state index contributed by atoms with van der Waals surface area (Å²) in [5.41, 5.74) is 2.04. The van der Waals surface area contributed by atoms with Crippen LogP contribution >= 0.6 is 23.4 Å². The van der Waals surface area contributed by atoms with Gasteiger partial charge >= 0.3 is 0 Å². The van der Waals surface area contributed by atoms with Crippen molar-refractivity contribution in [2.24, 2.45) is 0 Å². The lowest BCUT2D eigenvalue weighted by atomic mass is 9.97. The summed E-state index contributed by atoms with van der Waals surface area (Å²) in [6.45, 7) is 0.685. The summed E-state index contributed by atoms with van der Waals surface area (Å²) in [6, 6.07) is 5.56. The van der Waals surface area contributed by atoms with E-state index in [0.717, 1.165) is 11.3 Å². The van der Waals surface area contributed by atoms with Gasteiger partial charge in [0.25, 0.3) is 5.91 Å². The van der Waals surface area contributed by atoms with Gasteiger partial charge in [-0.15, -0.1) is 11.8 Å². The number of benzene rings is 1. The van der Waals surface area contributed by atoms with E-state index >= 15 is 0 Å². The maximum atomic E-state index is 12.2. The smallest absolute Gasteiger partial charge is 0.252 e. The normalized spacial score (nSPS) is 14.8. The van der Waals surface area contributed by atoms with Gasteiger partial charge in [0, 0.05) is 11.4 Å². The molecule has 0 saturated carbocycles. The lowest BCUT2D eigenvalue weighted by Crippen LogP contribution is -2.25. The van der Waals surface area contributed by atoms with E-state index in [2.05, 4.69) is 11.4 Å². The van der Waals surface area contributed by atoms with Gasteiger partial charge in [0.15, 0.2) is 0 Å². The number of hydrogen-bond acceptors (Lipinski definition) is 2. The molecule has 108 valence electrons. The molecule has 0 radical (unpaired) electrons. The highest BCUT2D eigenvalue weighted by atomic mass is 35.5. The van der Waals surface area contributed by atoms with Crippen molar-refractivity contribution in [1.29, 1.82) is 0 Å². The van der Waals surface area contributed by atoms with Gasteiger partial charge in [-0.3, -0.25) is 4.79 Å². The maximum Gasteiger partial charge on any atom is 0.252 e. The van der Waals surface area contributed by atoms with Crippen LogP contribution in [0.1, 0.15) is 42.5 Å². The molecule has 0 bridgehead atoms. The Kier molecular flexibility index (Phi) is 5.99. The number of carbonyl (C=O) groups excluding carboxylic acids is 1. The molecule has 0 unspecified atom stereocenters. The van der Waals surface area contributed by atoms with E-state index in [1.165, 1.54) is 31.3 Å². The summed E-state index contributed by atoms with van der Waals surface area (Å²) in [5.74, 6) is -0.0812. The van der Waals surface area contributed by atoms with E-state index in [4.69, 9.17) is 11.6 Å². The van der Waals surface area contributed by atoms with E-state index in [9.17, 15) is 4.79 Å². The van der Waals surface area contributed by atoms with E-state index in [1.54, 1.807) is 17.8 Å². The summed E-state index contributed by atoms with van der Waals surface area (Å²) >= 11 is 7.70. The molecule has 0 spiro atoms.